The standard InChI is InChI=1S/C28H30ClN3O4/c1-30-26(34)24(17-19-7-3-2-4-8-19)32(18-20-11-13-21(29)14-12-20)25(33)15-16-31-27(35)22-9-5-6-10-23(22)28(31)36/h2-8,11-14,22-24H,9-10,15-18H2,1H3,(H,30,34)/t22-,23+,24-/m0/s1. The van der Waals surface area contributed by atoms with E-state index in [1.165, 1.54) is 9.80 Å². The Bertz CT molecular complexity index is 1120. The number of carbonyl (C=O) groups excluding carboxylic acids is 4. The first-order valence-electron chi connectivity index (χ1n) is 12.2. The van der Waals surface area contributed by atoms with E-state index in [0.717, 1.165) is 11.1 Å². The summed E-state index contributed by atoms with van der Waals surface area (Å²) in [5.41, 5.74) is 1.74. The minimum Gasteiger partial charge on any atom is -0.357 e. The Morgan fingerprint density at radius 2 is 1.58 bits per heavy atom. The fraction of sp³-hybridized carbons (Fsp3) is 0.357. The molecule has 0 unspecified atom stereocenters. The molecule has 3 atom stereocenters. The molecule has 188 valence electrons. The molecule has 1 aliphatic carbocycles. The third kappa shape index (κ3) is 5.68. The fourth-order valence-corrected chi connectivity index (χ4v) is 5.07. The van der Waals surface area contributed by atoms with Crippen molar-refractivity contribution in [1.29, 1.82) is 0 Å². The van der Waals surface area contributed by atoms with Gasteiger partial charge in [-0.05, 0) is 36.1 Å². The Balaban J connectivity index is 1.55. The van der Waals surface area contributed by atoms with Gasteiger partial charge in [-0.25, -0.2) is 0 Å². The van der Waals surface area contributed by atoms with Crippen LogP contribution in [0.4, 0.5) is 0 Å². The molecular formula is C28H30ClN3O4. The van der Waals surface area contributed by atoms with E-state index >= 15 is 0 Å². The van der Waals surface area contributed by atoms with Crippen molar-refractivity contribution in [2.45, 2.75) is 38.3 Å². The summed E-state index contributed by atoms with van der Waals surface area (Å²) in [6, 6.07) is 15.8. The topological polar surface area (TPSA) is 86.8 Å². The smallest absolute Gasteiger partial charge is 0.242 e. The van der Waals surface area contributed by atoms with Crippen molar-refractivity contribution in [1.82, 2.24) is 15.1 Å². The maximum absolute atomic E-state index is 13.6. The van der Waals surface area contributed by atoms with Crippen LogP contribution in [-0.4, -0.2) is 53.1 Å². The van der Waals surface area contributed by atoms with E-state index in [0.29, 0.717) is 24.3 Å². The average molecular weight is 508 g/mol. The first-order chi connectivity index (χ1) is 17.4. The molecule has 36 heavy (non-hydrogen) atoms. The van der Waals surface area contributed by atoms with E-state index in [9.17, 15) is 19.2 Å². The van der Waals surface area contributed by atoms with Gasteiger partial charge in [0.15, 0.2) is 0 Å². The van der Waals surface area contributed by atoms with Crippen molar-refractivity contribution < 1.29 is 19.2 Å². The van der Waals surface area contributed by atoms with Crippen molar-refractivity contribution in [3.8, 4) is 0 Å². The quantitative estimate of drug-likeness (QED) is 0.416. The number of allylic oxidation sites excluding steroid dienone is 2. The number of benzene rings is 2. The van der Waals surface area contributed by atoms with Gasteiger partial charge in [0.25, 0.3) is 0 Å². The van der Waals surface area contributed by atoms with Crippen LogP contribution < -0.4 is 5.32 Å². The highest BCUT2D eigenvalue weighted by atomic mass is 35.5. The summed E-state index contributed by atoms with van der Waals surface area (Å²) < 4.78 is 0. The van der Waals surface area contributed by atoms with Gasteiger partial charge in [0.1, 0.15) is 6.04 Å². The second kappa shape index (κ2) is 11.5. The number of fused-ring (bicyclic) bond motifs is 1. The van der Waals surface area contributed by atoms with Gasteiger partial charge in [-0.15, -0.1) is 0 Å². The second-order valence-corrected chi connectivity index (χ2v) is 9.64. The van der Waals surface area contributed by atoms with Crippen LogP contribution in [0.2, 0.25) is 5.02 Å². The van der Waals surface area contributed by atoms with Crippen LogP contribution in [0.3, 0.4) is 0 Å². The molecular weight excluding hydrogens is 478 g/mol. The Hall–Kier alpha value is -3.45. The molecule has 4 rings (SSSR count). The Labute approximate surface area is 216 Å². The van der Waals surface area contributed by atoms with E-state index in [-0.39, 0.29) is 55.0 Å². The molecule has 0 saturated carbocycles. The predicted octanol–water partition coefficient (Wildman–Crippen LogP) is 3.37. The van der Waals surface area contributed by atoms with Gasteiger partial charge in [-0.3, -0.25) is 24.1 Å². The van der Waals surface area contributed by atoms with Gasteiger partial charge < -0.3 is 10.2 Å². The van der Waals surface area contributed by atoms with Crippen molar-refractivity contribution in [3.63, 3.8) is 0 Å². The number of hydrogen-bond donors (Lipinski definition) is 1. The van der Waals surface area contributed by atoms with Gasteiger partial charge in [0.05, 0.1) is 11.8 Å². The molecule has 7 nitrogen and oxygen atoms in total. The van der Waals surface area contributed by atoms with Gasteiger partial charge >= 0.3 is 0 Å². The summed E-state index contributed by atoms with van der Waals surface area (Å²) in [6.45, 7) is 0.199. The zero-order valence-corrected chi connectivity index (χ0v) is 21.0. The molecule has 1 saturated heterocycles. The molecule has 0 radical (unpaired) electrons. The predicted molar refractivity (Wildman–Crippen MR) is 137 cm³/mol. The molecule has 0 bridgehead atoms. The third-order valence-electron chi connectivity index (χ3n) is 6.93. The zero-order valence-electron chi connectivity index (χ0n) is 20.2. The molecule has 0 aromatic heterocycles. The maximum atomic E-state index is 13.6. The maximum Gasteiger partial charge on any atom is 0.242 e. The summed E-state index contributed by atoms with van der Waals surface area (Å²) in [4.78, 5) is 55.1. The van der Waals surface area contributed by atoms with Gasteiger partial charge in [-0.1, -0.05) is 66.2 Å². The van der Waals surface area contributed by atoms with Gasteiger partial charge in [0, 0.05) is 38.0 Å². The van der Waals surface area contributed by atoms with E-state index < -0.39 is 6.04 Å². The minimum atomic E-state index is -0.766. The summed E-state index contributed by atoms with van der Waals surface area (Å²) in [6.07, 6.45) is 5.26. The van der Waals surface area contributed by atoms with Crippen molar-refractivity contribution in [3.05, 3.63) is 82.9 Å². The minimum absolute atomic E-state index is 0.00637. The van der Waals surface area contributed by atoms with E-state index in [4.69, 9.17) is 11.6 Å². The molecule has 0 spiro atoms. The summed E-state index contributed by atoms with van der Waals surface area (Å²) in [5.74, 6) is -1.68. The largest absolute Gasteiger partial charge is 0.357 e. The molecule has 1 fully saturated rings. The highest BCUT2D eigenvalue weighted by molar-refractivity contribution is 6.30. The van der Waals surface area contributed by atoms with Gasteiger partial charge in [0.2, 0.25) is 23.6 Å². The lowest BCUT2D eigenvalue weighted by atomic mass is 9.85. The van der Waals surface area contributed by atoms with Crippen LogP contribution >= 0.6 is 11.6 Å². The first kappa shape index (κ1) is 25.6. The Morgan fingerprint density at radius 3 is 2.17 bits per heavy atom. The zero-order chi connectivity index (χ0) is 25.7. The number of rotatable bonds is 9. The molecule has 1 aliphatic heterocycles. The Kier molecular flexibility index (Phi) is 8.21. The van der Waals surface area contributed by atoms with Crippen molar-refractivity contribution in [2.24, 2.45) is 11.8 Å². The normalized spacial score (nSPS) is 19.7. The molecule has 2 aromatic rings. The highest BCUT2D eigenvalue weighted by Gasteiger charge is 2.47. The lowest BCUT2D eigenvalue weighted by molar-refractivity contribution is -0.144. The van der Waals surface area contributed by atoms with Crippen LogP contribution in [0.5, 0.6) is 0 Å². The third-order valence-corrected chi connectivity index (χ3v) is 7.18. The molecule has 8 heteroatoms. The molecule has 4 amide bonds. The highest BCUT2D eigenvalue weighted by Crippen LogP contribution is 2.35. The number of amides is 4. The summed E-state index contributed by atoms with van der Waals surface area (Å²) in [7, 11) is 1.54. The number of carbonyl (C=O) groups is 4. The number of likely N-dealkylation sites (tertiary alicyclic amines) is 1. The van der Waals surface area contributed by atoms with Gasteiger partial charge in [-0.2, -0.15) is 0 Å². The van der Waals surface area contributed by atoms with E-state index in [1.807, 2.05) is 54.6 Å². The van der Waals surface area contributed by atoms with Crippen molar-refractivity contribution in [2.75, 3.05) is 13.6 Å². The average Bonchev–Trinajstić information content (AvgIpc) is 3.15. The van der Waals surface area contributed by atoms with Crippen LogP contribution in [0.15, 0.2) is 66.7 Å². The number of nitrogens with one attached hydrogen (secondary N) is 1. The number of imide groups is 1. The fourth-order valence-electron chi connectivity index (χ4n) is 4.95. The Morgan fingerprint density at radius 1 is 0.972 bits per heavy atom. The van der Waals surface area contributed by atoms with Crippen LogP contribution in [0.1, 0.15) is 30.4 Å². The molecule has 1 heterocycles. The lowest BCUT2D eigenvalue weighted by Crippen LogP contribution is -2.50. The van der Waals surface area contributed by atoms with Crippen LogP contribution in [0.25, 0.3) is 0 Å². The molecule has 1 N–H and O–H groups in total. The number of halogens is 1. The van der Waals surface area contributed by atoms with E-state index in [1.54, 1.807) is 19.2 Å². The van der Waals surface area contributed by atoms with Crippen LogP contribution in [0, 0.1) is 11.8 Å². The summed E-state index contributed by atoms with van der Waals surface area (Å²) >= 11 is 6.04. The monoisotopic (exact) mass is 507 g/mol. The second-order valence-electron chi connectivity index (χ2n) is 9.20. The number of hydrogen-bond acceptors (Lipinski definition) is 4. The van der Waals surface area contributed by atoms with Crippen molar-refractivity contribution >= 4 is 35.2 Å². The summed E-state index contributed by atoms with van der Waals surface area (Å²) in [5, 5.41) is 3.26. The van der Waals surface area contributed by atoms with E-state index in [2.05, 4.69) is 5.32 Å². The molecule has 2 aromatic carbocycles. The van der Waals surface area contributed by atoms with Crippen LogP contribution in [-0.2, 0) is 32.1 Å². The number of likely N-dealkylation sites (N-methyl/N-ethyl adjacent to an activating group) is 1. The molecule has 2 aliphatic rings. The first-order valence-corrected chi connectivity index (χ1v) is 12.6. The number of nitrogens with zero attached hydrogens (tertiary/aromatic N) is 2. The SMILES string of the molecule is CNC(=O)[C@H](Cc1ccccc1)N(Cc1ccc(Cl)cc1)C(=O)CCN1C(=O)[C@H]2CC=CC[C@H]2C1=O. The lowest BCUT2D eigenvalue weighted by Gasteiger charge is -2.31.